The Morgan fingerprint density at radius 2 is 2.18 bits per heavy atom. The lowest BCUT2D eigenvalue weighted by Gasteiger charge is -2.37. The summed E-state index contributed by atoms with van der Waals surface area (Å²) in [5.41, 5.74) is 0. The first kappa shape index (κ1) is 17.4. The van der Waals surface area contributed by atoms with Crippen molar-refractivity contribution in [3.8, 4) is 0 Å². The van der Waals surface area contributed by atoms with Gasteiger partial charge in [0.1, 0.15) is 5.82 Å². The van der Waals surface area contributed by atoms with E-state index in [4.69, 9.17) is 0 Å². The summed E-state index contributed by atoms with van der Waals surface area (Å²) in [5, 5.41) is 3.20. The Hall–Kier alpha value is -0.920. The van der Waals surface area contributed by atoms with Gasteiger partial charge in [-0.2, -0.15) is 0 Å². The molecule has 0 radical (unpaired) electrons. The third kappa shape index (κ3) is 3.70. The van der Waals surface area contributed by atoms with Crippen molar-refractivity contribution in [1.29, 1.82) is 0 Å². The van der Waals surface area contributed by atoms with Gasteiger partial charge in [-0.1, -0.05) is 6.92 Å². The molecule has 126 valence electrons. The highest BCUT2D eigenvalue weighted by molar-refractivity contribution is 7.89. The van der Waals surface area contributed by atoms with Gasteiger partial charge < -0.3 is 9.88 Å². The van der Waals surface area contributed by atoms with Crippen LogP contribution in [0.4, 0.5) is 0 Å². The fraction of sp³-hybridized carbons (Fsp3) is 0.800. The molecule has 22 heavy (non-hydrogen) atoms. The standard InChI is InChI=1S/C15H28N4O2S/c1-5-18-9-7-16-15(18)10-17-14-6-8-19(11-13(14)4)22(20,21)12(2)3/h7,9,12-14,17H,5-6,8,10-11H2,1-4H3/t13-,14-/m0/s1. The van der Waals surface area contributed by atoms with Gasteiger partial charge in [0.15, 0.2) is 0 Å². The van der Waals surface area contributed by atoms with Crippen LogP contribution in [0.5, 0.6) is 0 Å². The largest absolute Gasteiger partial charge is 0.334 e. The van der Waals surface area contributed by atoms with Crippen LogP contribution in [-0.2, 0) is 23.1 Å². The number of hydrogen-bond donors (Lipinski definition) is 1. The Bertz CT molecular complexity index is 582. The maximum Gasteiger partial charge on any atom is 0.216 e. The molecule has 2 rings (SSSR count). The summed E-state index contributed by atoms with van der Waals surface area (Å²) in [4.78, 5) is 4.37. The zero-order valence-corrected chi connectivity index (χ0v) is 14.8. The lowest BCUT2D eigenvalue weighted by molar-refractivity contribution is 0.217. The zero-order chi connectivity index (χ0) is 16.3. The predicted molar refractivity (Wildman–Crippen MR) is 87.9 cm³/mol. The van der Waals surface area contributed by atoms with Crippen molar-refractivity contribution in [1.82, 2.24) is 19.2 Å². The van der Waals surface area contributed by atoms with Gasteiger partial charge in [0, 0.05) is 38.1 Å². The minimum atomic E-state index is -3.14. The number of imidazole rings is 1. The van der Waals surface area contributed by atoms with Crippen LogP contribution >= 0.6 is 0 Å². The van der Waals surface area contributed by atoms with E-state index in [2.05, 4.69) is 28.7 Å². The number of hydrogen-bond acceptors (Lipinski definition) is 4. The molecular weight excluding hydrogens is 300 g/mol. The van der Waals surface area contributed by atoms with E-state index in [1.165, 1.54) is 0 Å². The van der Waals surface area contributed by atoms with Crippen molar-refractivity contribution in [2.24, 2.45) is 5.92 Å². The molecule has 1 aromatic heterocycles. The maximum atomic E-state index is 12.3. The first-order valence-corrected chi connectivity index (χ1v) is 9.59. The molecule has 1 saturated heterocycles. The summed E-state index contributed by atoms with van der Waals surface area (Å²) in [7, 11) is -3.14. The molecule has 0 saturated carbocycles. The van der Waals surface area contributed by atoms with E-state index >= 15 is 0 Å². The molecule has 1 N–H and O–H groups in total. The third-order valence-electron chi connectivity index (χ3n) is 4.49. The normalized spacial score (nSPS) is 24.0. The van der Waals surface area contributed by atoms with Crippen molar-refractivity contribution >= 4 is 10.0 Å². The molecule has 7 heteroatoms. The van der Waals surface area contributed by atoms with Crippen LogP contribution in [0.3, 0.4) is 0 Å². The van der Waals surface area contributed by atoms with Crippen LogP contribution in [0, 0.1) is 5.92 Å². The van der Waals surface area contributed by atoms with Crippen molar-refractivity contribution < 1.29 is 8.42 Å². The Morgan fingerprint density at radius 1 is 1.45 bits per heavy atom. The molecule has 0 amide bonds. The van der Waals surface area contributed by atoms with Gasteiger partial charge in [-0.3, -0.25) is 0 Å². The highest BCUT2D eigenvalue weighted by Gasteiger charge is 2.33. The highest BCUT2D eigenvalue weighted by atomic mass is 32.2. The van der Waals surface area contributed by atoms with E-state index in [9.17, 15) is 8.42 Å². The number of rotatable bonds is 6. The molecule has 1 aliphatic rings. The van der Waals surface area contributed by atoms with Crippen molar-refractivity contribution in [2.45, 2.75) is 58.5 Å². The van der Waals surface area contributed by atoms with Crippen molar-refractivity contribution in [3.63, 3.8) is 0 Å². The lowest BCUT2D eigenvalue weighted by atomic mass is 9.95. The zero-order valence-electron chi connectivity index (χ0n) is 14.0. The molecule has 1 fully saturated rings. The quantitative estimate of drug-likeness (QED) is 0.858. The minimum absolute atomic E-state index is 0.298. The molecule has 0 aliphatic carbocycles. The van der Waals surface area contributed by atoms with Gasteiger partial charge >= 0.3 is 0 Å². The van der Waals surface area contributed by atoms with Crippen molar-refractivity contribution in [3.05, 3.63) is 18.2 Å². The first-order valence-electron chi connectivity index (χ1n) is 8.08. The van der Waals surface area contributed by atoms with E-state index < -0.39 is 10.0 Å². The topological polar surface area (TPSA) is 67.2 Å². The number of sulfonamides is 1. The monoisotopic (exact) mass is 328 g/mol. The molecule has 0 aromatic carbocycles. The number of aryl methyl sites for hydroxylation is 1. The second-order valence-corrected chi connectivity index (χ2v) is 8.82. The fourth-order valence-corrected chi connectivity index (χ4v) is 4.36. The van der Waals surface area contributed by atoms with Crippen LogP contribution in [-0.4, -0.2) is 46.7 Å². The predicted octanol–water partition coefficient (Wildman–Crippen LogP) is 1.44. The molecule has 6 nitrogen and oxygen atoms in total. The molecule has 0 spiro atoms. The van der Waals surface area contributed by atoms with Crippen LogP contribution in [0.15, 0.2) is 12.4 Å². The highest BCUT2D eigenvalue weighted by Crippen LogP contribution is 2.21. The summed E-state index contributed by atoms with van der Waals surface area (Å²) in [5.74, 6) is 1.33. The van der Waals surface area contributed by atoms with E-state index in [-0.39, 0.29) is 5.25 Å². The third-order valence-corrected chi connectivity index (χ3v) is 6.73. The summed E-state index contributed by atoms with van der Waals surface area (Å²) < 4.78 is 28.3. The molecule has 1 aromatic rings. The average molecular weight is 328 g/mol. The number of nitrogens with zero attached hydrogens (tertiary/aromatic N) is 3. The van der Waals surface area contributed by atoms with Crippen LogP contribution in [0.25, 0.3) is 0 Å². The Balaban J connectivity index is 1.91. The molecule has 0 bridgehead atoms. The summed E-state index contributed by atoms with van der Waals surface area (Å²) in [6.07, 6.45) is 4.65. The van der Waals surface area contributed by atoms with E-state index in [1.807, 2.05) is 12.4 Å². The number of piperidine rings is 1. The van der Waals surface area contributed by atoms with Crippen molar-refractivity contribution in [2.75, 3.05) is 13.1 Å². The molecular formula is C15H28N4O2S. The van der Waals surface area contributed by atoms with Gasteiger partial charge in [-0.25, -0.2) is 17.7 Å². The maximum absolute atomic E-state index is 12.3. The first-order chi connectivity index (χ1) is 10.4. The van der Waals surface area contributed by atoms with Crippen LogP contribution in [0.2, 0.25) is 0 Å². The smallest absolute Gasteiger partial charge is 0.216 e. The van der Waals surface area contributed by atoms with Crippen LogP contribution < -0.4 is 5.32 Å². The number of aromatic nitrogens is 2. The van der Waals surface area contributed by atoms with Gasteiger partial charge in [0.05, 0.1) is 11.8 Å². The average Bonchev–Trinajstić information content (AvgIpc) is 2.93. The second-order valence-electron chi connectivity index (χ2n) is 6.33. The Kier molecular flexibility index (Phi) is 5.63. The van der Waals surface area contributed by atoms with E-state index in [0.717, 1.165) is 25.3 Å². The van der Waals surface area contributed by atoms with Gasteiger partial charge in [0.25, 0.3) is 0 Å². The molecule has 2 heterocycles. The van der Waals surface area contributed by atoms with Crippen LogP contribution in [0.1, 0.15) is 39.9 Å². The second kappa shape index (κ2) is 7.10. The summed E-state index contributed by atoms with van der Waals surface area (Å²) in [6, 6.07) is 0.334. The van der Waals surface area contributed by atoms with Gasteiger partial charge in [-0.05, 0) is 33.1 Å². The minimum Gasteiger partial charge on any atom is -0.334 e. The molecule has 2 atom stereocenters. The van der Waals surface area contributed by atoms with Gasteiger partial charge in [-0.15, -0.1) is 0 Å². The van der Waals surface area contributed by atoms with E-state index in [0.29, 0.717) is 25.0 Å². The van der Waals surface area contributed by atoms with E-state index in [1.54, 1.807) is 18.2 Å². The SMILES string of the molecule is CCn1ccnc1CN[C@H]1CCN(S(=O)(=O)C(C)C)C[C@@H]1C. The molecule has 1 aliphatic heterocycles. The Morgan fingerprint density at radius 3 is 2.77 bits per heavy atom. The summed E-state index contributed by atoms with van der Waals surface area (Å²) >= 11 is 0. The fourth-order valence-electron chi connectivity index (χ4n) is 2.96. The number of nitrogens with one attached hydrogen (secondary N) is 1. The molecule has 0 unspecified atom stereocenters. The lowest BCUT2D eigenvalue weighted by Crippen LogP contribution is -2.51. The summed E-state index contributed by atoms with van der Waals surface area (Å²) in [6.45, 7) is 10.6. The Labute approximate surface area is 134 Å². The van der Waals surface area contributed by atoms with Gasteiger partial charge in [0.2, 0.25) is 10.0 Å².